The van der Waals surface area contributed by atoms with Crippen molar-refractivity contribution in [2.45, 2.75) is 18.9 Å². The van der Waals surface area contributed by atoms with Crippen molar-refractivity contribution in [1.29, 1.82) is 0 Å². The molecular weight excluding hydrogens is 192 g/mol. The van der Waals surface area contributed by atoms with Crippen molar-refractivity contribution in [2.24, 2.45) is 0 Å². The summed E-state index contributed by atoms with van der Waals surface area (Å²) in [4.78, 5) is 4.30. The van der Waals surface area contributed by atoms with E-state index in [1.165, 1.54) is 23.6 Å². The number of aromatic nitrogens is 1. The summed E-state index contributed by atoms with van der Waals surface area (Å²) in [6.07, 6.45) is 4.23. The summed E-state index contributed by atoms with van der Waals surface area (Å²) in [6, 6.07) is 6.84. The highest BCUT2D eigenvalue weighted by molar-refractivity contribution is 7.99. The van der Waals surface area contributed by atoms with Crippen LogP contribution in [0.2, 0.25) is 0 Å². The topological polar surface area (TPSA) is 24.9 Å². The molecular formula is C11H16N2S. The fourth-order valence-corrected chi connectivity index (χ4v) is 2.83. The lowest BCUT2D eigenvalue weighted by Crippen LogP contribution is -2.30. The maximum absolute atomic E-state index is 4.30. The Kier molecular flexibility index (Phi) is 3.83. The number of nitrogens with one attached hydrogen (secondary N) is 1. The molecule has 1 saturated heterocycles. The van der Waals surface area contributed by atoms with Crippen molar-refractivity contribution >= 4 is 11.8 Å². The van der Waals surface area contributed by atoms with E-state index in [1.807, 2.05) is 18.3 Å². The Morgan fingerprint density at radius 3 is 3.21 bits per heavy atom. The van der Waals surface area contributed by atoms with Crippen molar-refractivity contribution in [3.63, 3.8) is 0 Å². The summed E-state index contributed by atoms with van der Waals surface area (Å²) >= 11 is 2.05. The third-order valence-electron chi connectivity index (χ3n) is 2.47. The molecule has 0 saturated carbocycles. The van der Waals surface area contributed by atoms with E-state index < -0.39 is 0 Å². The van der Waals surface area contributed by atoms with Gasteiger partial charge in [0.25, 0.3) is 0 Å². The second-order valence-corrected chi connectivity index (χ2v) is 4.74. The Balaban J connectivity index is 1.67. The van der Waals surface area contributed by atoms with E-state index in [0.717, 1.165) is 19.0 Å². The summed E-state index contributed by atoms with van der Waals surface area (Å²) in [7, 11) is 0. The molecule has 1 atom stereocenters. The van der Waals surface area contributed by atoms with Gasteiger partial charge in [0.1, 0.15) is 0 Å². The first kappa shape index (κ1) is 9.99. The largest absolute Gasteiger partial charge is 0.313 e. The molecule has 14 heavy (non-hydrogen) atoms. The van der Waals surface area contributed by atoms with Crippen LogP contribution in [0.25, 0.3) is 0 Å². The van der Waals surface area contributed by atoms with Gasteiger partial charge in [-0.05, 0) is 24.3 Å². The second kappa shape index (κ2) is 5.37. The Morgan fingerprint density at radius 2 is 2.50 bits per heavy atom. The lowest BCUT2D eigenvalue weighted by molar-refractivity contribution is 0.558. The van der Waals surface area contributed by atoms with Crippen LogP contribution in [-0.2, 0) is 6.42 Å². The molecule has 2 nitrogen and oxygen atoms in total. The minimum Gasteiger partial charge on any atom is -0.313 e. The predicted molar refractivity (Wildman–Crippen MR) is 61.7 cm³/mol. The van der Waals surface area contributed by atoms with Crippen LogP contribution in [0, 0.1) is 0 Å². The first-order valence-corrected chi connectivity index (χ1v) is 6.31. The average Bonchev–Trinajstić information content (AvgIpc) is 2.72. The highest BCUT2D eigenvalue weighted by Gasteiger charge is 2.13. The van der Waals surface area contributed by atoms with Gasteiger partial charge in [0.15, 0.2) is 0 Å². The van der Waals surface area contributed by atoms with Crippen LogP contribution in [0.5, 0.6) is 0 Å². The maximum atomic E-state index is 4.30. The molecule has 1 aromatic rings. The van der Waals surface area contributed by atoms with Gasteiger partial charge in [0, 0.05) is 36.7 Å². The van der Waals surface area contributed by atoms with E-state index in [1.54, 1.807) is 0 Å². The van der Waals surface area contributed by atoms with E-state index in [4.69, 9.17) is 0 Å². The van der Waals surface area contributed by atoms with Crippen molar-refractivity contribution in [1.82, 2.24) is 10.3 Å². The Hall–Kier alpha value is -0.540. The van der Waals surface area contributed by atoms with Crippen LogP contribution in [0.1, 0.15) is 12.1 Å². The van der Waals surface area contributed by atoms with Gasteiger partial charge in [-0.15, -0.1) is 0 Å². The Bertz CT molecular complexity index is 257. The van der Waals surface area contributed by atoms with Gasteiger partial charge in [-0.2, -0.15) is 11.8 Å². The molecule has 3 heteroatoms. The van der Waals surface area contributed by atoms with Gasteiger partial charge < -0.3 is 5.32 Å². The number of rotatable bonds is 4. The third kappa shape index (κ3) is 3.00. The zero-order valence-electron chi connectivity index (χ0n) is 8.28. The lowest BCUT2D eigenvalue weighted by Gasteiger charge is -2.10. The van der Waals surface area contributed by atoms with Crippen molar-refractivity contribution in [3.05, 3.63) is 30.1 Å². The zero-order chi connectivity index (χ0) is 9.64. The lowest BCUT2D eigenvalue weighted by atomic mass is 10.2. The number of hydrogen-bond donors (Lipinski definition) is 1. The summed E-state index contributed by atoms with van der Waals surface area (Å²) in [5.74, 6) is 2.60. The minimum absolute atomic E-state index is 0.740. The number of hydrogen-bond acceptors (Lipinski definition) is 3. The van der Waals surface area contributed by atoms with Gasteiger partial charge in [0.2, 0.25) is 0 Å². The molecule has 2 rings (SSSR count). The van der Waals surface area contributed by atoms with E-state index in [2.05, 4.69) is 28.1 Å². The standard InChI is InChI=1S/C11H16N2S/c1-2-6-12-10(3-1)4-7-13-11-5-8-14-9-11/h1-3,6,11,13H,4-5,7-9H2/t11-/m0/s1. The zero-order valence-corrected chi connectivity index (χ0v) is 9.09. The third-order valence-corrected chi connectivity index (χ3v) is 3.63. The highest BCUT2D eigenvalue weighted by Crippen LogP contribution is 2.16. The van der Waals surface area contributed by atoms with Crippen LogP contribution in [-0.4, -0.2) is 29.1 Å². The molecule has 0 aromatic carbocycles. The fourth-order valence-electron chi connectivity index (χ4n) is 1.65. The van der Waals surface area contributed by atoms with Crippen molar-refractivity contribution in [3.8, 4) is 0 Å². The Morgan fingerprint density at radius 1 is 1.50 bits per heavy atom. The van der Waals surface area contributed by atoms with Gasteiger partial charge in [-0.25, -0.2) is 0 Å². The fraction of sp³-hybridized carbons (Fsp3) is 0.545. The SMILES string of the molecule is c1ccc(CCN[C@H]2CCSC2)nc1. The first-order valence-electron chi connectivity index (χ1n) is 5.16. The molecule has 0 bridgehead atoms. The summed E-state index contributed by atoms with van der Waals surface area (Å²) in [5.41, 5.74) is 1.19. The van der Waals surface area contributed by atoms with Crippen LogP contribution >= 0.6 is 11.8 Å². The molecule has 1 aliphatic heterocycles. The first-order chi connectivity index (χ1) is 6.95. The monoisotopic (exact) mass is 208 g/mol. The molecule has 0 aliphatic carbocycles. The Labute approximate surface area is 89.5 Å². The quantitative estimate of drug-likeness (QED) is 0.815. The number of thioether (sulfide) groups is 1. The van der Waals surface area contributed by atoms with E-state index >= 15 is 0 Å². The van der Waals surface area contributed by atoms with Gasteiger partial charge in [-0.3, -0.25) is 4.98 Å². The summed E-state index contributed by atoms with van der Waals surface area (Å²) in [5, 5.41) is 3.57. The molecule has 1 aromatic heterocycles. The van der Waals surface area contributed by atoms with Gasteiger partial charge in [0.05, 0.1) is 0 Å². The molecule has 1 fully saturated rings. The van der Waals surface area contributed by atoms with Gasteiger partial charge >= 0.3 is 0 Å². The van der Waals surface area contributed by atoms with E-state index in [9.17, 15) is 0 Å². The molecule has 1 aliphatic rings. The molecule has 0 unspecified atom stereocenters. The minimum atomic E-state index is 0.740. The van der Waals surface area contributed by atoms with Crippen LogP contribution < -0.4 is 5.32 Å². The average molecular weight is 208 g/mol. The van der Waals surface area contributed by atoms with E-state index in [-0.39, 0.29) is 0 Å². The molecule has 2 heterocycles. The van der Waals surface area contributed by atoms with Crippen LogP contribution in [0.4, 0.5) is 0 Å². The highest BCUT2D eigenvalue weighted by atomic mass is 32.2. The van der Waals surface area contributed by atoms with Crippen LogP contribution in [0.3, 0.4) is 0 Å². The number of pyridine rings is 1. The molecule has 0 radical (unpaired) electrons. The summed E-state index contributed by atoms with van der Waals surface area (Å²) in [6.45, 7) is 1.06. The molecule has 1 N–H and O–H groups in total. The van der Waals surface area contributed by atoms with Crippen molar-refractivity contribution < 1.29 is 0 Å². The maximum Gasteiger partial charge on any atom is 0.0416 e. The molecule has 0 spiro atoms. The smallest absolute Gasteiger partial charge is 0.0416 e. The molecule has 76 valence electrons. The van der Waals surface area contributed by atoms with Gasteiger partial charge in [-0.1, -0.05) is 6.07 Å². The summed E-state index contributed by atoms with van der Waals surface area (Å²) < 4.78 is 0. The predicted octanol–water partition coefficient (Wildman–Crippen LogP) is 1.72. The normalized spacial score (nSPS) is 21.3. The van der Waals surface area contributed by atoms with Crippen LogP contribution in [0.15, 0.2) is 24.4 Å². The second-order valence-electron chi connectivity index (χ2n) is 3.59. The van der Waals surface area contributed by atoms with Crippen molar-refractivity contribution in [2.75, 3.05) is 18.1 Å². The van der Waals surface area contributed by atoms with E-state index in [0.29, 0.717) is 0 Å². The molecule has 0 amide bonds. The number of nitrogens with zero attached hydrogens (tertiary/aromatic N) is 1.